The summed E-state index contributed by atoms with van der Waals surface area (Å²) in [5.41, 5.74) is 1.76. The molecule has 3 heterocycles. The highest BCUT2D eigenvalue weighted by Gasteiger charge is 2.42. The Morgan fingerprint density at radius 2 is 1.30 bits per heavy atom. The summed E-state index contributed by atoms with van der Waals surface area (Å²) in [6, 6.07) is 7.89. The number of benzene rings is 1. The van der Waals surface area contributed by atoms with Gasteiger partial charge in [0, 0.05) is 34.6 Å². The van der Waals surface area contributed by atoms with Crippen LogP contribution in [-0.4, -0.2) is 162 Å². The molecule has 2 aromatic rings. The normalized spacial score (nSPS) is 17.8. The first-order valence-corrected chi connectivity index (χ1v) is 20.2. The summed E-state index contributed by atoms with van der Waals surface area (Å²) in [6.45, 7) is 8.83. The van der Waals surface area contributed by atoms with Crippen molar-refractivity contribution in [2.45, 2.75) is 49.6 Å². The molecule has 0 unspecified atom stereocenters. The predicted octanol–water partition coefficient (Wildman–Crippen LogP) is 2.57. The summed E-state index contributed by atoms with van der Waals surface area (Å²) in [5.74, 6) is 1.00. The van der Waals surface area contributed by atoms with E-state index < -0.39 is 0 Å². The van der Waals surface area contributed by atoms with Crippen molar-refractivity contribution in [2.75, 3.05) is 118 Å². The number of urea groups is 1. The number of ether oxygens (including phenoxy) is 8. The third-order valence-electron chi connectivity index (χ3n) is 8.40. The molecule has 2 saturated heterocycles. The fourth-order valence-corrected chi connectivity index (χ4v) is 7.25. The van der Waals surface area contributed by atoms with Gasteiger partial charge in [0.2, 0.25) is 5.91 Å². The number of thioether (sulfide) groups is 1. The molecular weight excluding hydrogens is 744 g/mol. The molecule has 0 spiro atoms. The van der Waals surface area contributed by atoms with E-state index in [1.807, 2.05) is 42.2 Å². The molecule has 0 aliphatic carbocycles. The Morgan fingerprint density at radius 3 is 1.87 bits per heavy atom. The second-order valence-electron chi connectivity index (χ2n) is 12.5. The second-order valence-corrected chi connectivity index (χ2v) is 14.2. The van der Waals surface area contributed by atoms with Gasteiger partial charge in [0.25, 0.3) is 0 Å². The molecule has 54 heavy (non-hydrogen) atoms. The number of hydrogen-bond acceptors (Lipinski definition) is 13. The van der Waals surface area contributed by atoms with E-state index in [4.69, 9.17) is 49.5 Å². The Morgan fingerprint density at radius 1 is 0.759 bits per heavy atom. The smallest absolute Gasteiger partial charge is 0.315 e. The van der Waals surface area contributed by atoms with Crippen molar-refractivity contribution in [1.82, 2.24) is 30.9 Å². The first-order chi connectivity index (χ1) is 26.6. The number of nitrogens with zero attached hydrogens (tertiary/aromatic N) is 3. The van der Waals surface area contributed by atoms with E-state index >= 15 is 0 Å². The molecule has 304 valence electrons. The van der Waals surface area contributed by atoms with E-state index in [-0.39, 0.29) is 24.0 Å². The van der Waals surface area contributed by atoms with Crippen LogP contribution >= 0.6 is 23.4 Å². The Hall–Kier alpha value is -2.58. The van der Waals surface area contributed by atoms with Gasteiger partial charge in [-0.2, -0.15) is 11.8 Å². The van der Waals surface area contributed by atoms with Gasteiger partial charge < -0.3 is 53.8 Å². The molecule has 2 aliphatic heterocycles. The van der Waals surface area contributed by atoms with Gasteiger partial charge in [0.05, 0.1) is 131 Å². The standard InChI is InChI=1S/C36H57ClN6O10S/c37-30-7-5-29(6-8-30)31-27-43(42-41-31)10-12-47-14-16-49-18-20-51-22-24-53-26-25-52-23-21-50-19-17-48-15-13-46-11-9-38-34(44)4-2-1-3-33-35-32(28-54-33)39-36(45)40-35/h5-8,27,32-33,35H,1-4,9-26,28H2,(H,38,44)(H2,39,40,45)/t32-,33-,35-/m0/s1. The largest absolute Gasteiger partial charge is 0.377 e. The molecular formula is C36H57ClN6O10S. The molecule has 1 aromatic carbocycles. The minimum absolute atomic E-state index is 0.0427. The third-order valence-corrected chi connectivity index (χ3v) is 10.2. The number of halogens is 1. The van der Waals surface area contributed by atoms with Crippen molar-refractivity contribution < 1.29 is 47.5 Å². The third kappa shape index (κ3) is 18.8. The molecule has 0 saturated carbocycles. The average Bonchev–Trinajstić information content (AvgIpc) is 3.90. The van der Waals surface area contributed by atoms with Crippen LogP contribution in [0.3, 0.4) is 0 Å². The van der Waals surface area contributed by atoms with Gasteiger partial charge in [-0.05, 0) is 25.0 Å². The summed E-state index contributed by atoms with van der Waals surface area (Å²) in [4.78, 5) is 23.5. The van der Waals surface area contributed by atoms with Crippen LogP contribution in [0.5, 0.6) is 0 Å². The van der Waals surface area contributed by atoms with Crippen LogP contribution in [0.15, 0.2) is 30.5 Å². The Balaban J connectivity index is 0.777. The quantitative estimate of drug-likeness (QED) is 0.0711. The summed E-state index contributed by atoms with van der Waals surface area (Å²) in [7, 11) is 0. The zero-order chi connectivity index (χ0) is 37.9. The van der Waals surface area contributed by atoms with Crippen LogP contribution in [-0.2, 0) is 49.2 Å². The van der Waals surface area contributed by atoms with Crippen LogP contribution in [0.2, 0.25) is 5.02 Å². The van der Waals surface area contributed by atoms with Crippen LogP contribution in [0.4, 0.5) is 4.79 Å². The van der Waals surface area contributed by atoms with E-state index in [2.05, 4.69) is 26.3 Å². The minimum Gasteiger partial charge on any atom is -0.377 e. The molecule has 3 atom stereocenters. The topological polar surface area (TPSA) is 175 Å². The first kappa shape index (κ1) is 44.1. The number of amides is 3. The molecule has 16 nitrogen and oxygen atoms in total. The van der Waals surface area contributed by atoms with Gasteiger partial charge in [-0.3, -0.25) is 4.79 Å². The van der Waals surface area contributed by atoms with Crippen LogP contribution in [0, 0.1) is 0 Å². The molecule has 18 heteroatoms. The molecule has 3 N–H and O–H groups in total. The number of carbonyl (C=O) groups excluding carboxylic acids is 2. The lowest BCUT2D eigenvalue weighted by Gasteiger charge is -2.16. The van der Waals surface area contributed by atoms with E-state index in [1.165, 1.54) is 0 Å². The van der Waals surface area contributed by atoms with E-state index in [9.17, 15) is 9.59 Å². The second kappa shape index (κ2) is 27.9. The maximum atomic E-state index is 12.0. The lowest BCUT2D eigenvalue weighted by molar-refractivity contribution is -0.121. The zero-order valence-electron chi connectivity index (χ0n) is 31.1. The summed E-state index contributed by atoms with van der Waals surface area (Å²) < 4.78 is 45.9. The molecule has 1 aromatic heterocycles. The maximum absolute atomic E-state index is 12.0. The van der Waals surface area contributed by atoms with Crippen molar-refractivity contribution >= 4 is 35.3 Å². The Kier molecular flexibility index (Phi) is 22.8. The Bertz CT molecular complexity index is 1300. The molecule has 2 aliphatic rings. The van der Waals surface area contributed by atoms with Gasteiger partial charge >= 0.3 is 6.03 Å². The average molecular weight is 801 g/mol. The van der Waals surface area contributed by atoms with Crippen molar-refractivity contribution in [1.29, 1.82) is 0 Å². The van der Waals surface area contributed by atoms with Gasteiger partial charge in [0.15, 0.2) is 0 Å². The fourth-order valence-electron chi connectivity index (χ4n) is 5.59. The van der Waals surface area contributed by atoms with Gasteiger partial charge in [-0.25, -0.2) is 9.48 Å². The highest BCUT2D eigenvalue weighted by atomic mass is 35.5. The Labute approximate surface area is 327 Å². The monoisotopic (exact) mass is 800 g/mol. The first-order valence-electron chi connectivity index (χ1n) is 18.8. The van der Waals surface area contributed by atoms with Gasteiger partial charge in [-0.15, -0.1) is 5.10 Å². The maximum Gasteiger partial charge on any atom is 0.315 e. The lowest BCUT2D eigenvalue weighted by atomic mass is 10.0. The molecule has 0 bridgehead atoms. The van der Waals surface area contributed by atoms with Crippen molar-refractivity contribution in [3.05, 3.63) is 35.5 Å². The summed E-state index contributed by atoms with van der Waals surface area (Å²) in [5, 5.41) is 18.3. The molecule has 0 radical (unpaired) electrons. The molecule has 2 fully saturated rings. The number of hydrogen-bond donors (Lipinski definition) is 3. The highest BCUT2D eigenvalue weighted by Crippen LogP contribution is 2.33. The van der Waals surface area contributed by atoms with Crippen LogP contribution in [0.1, 0.15) is 25.7 Å². The number of nitrogens with one attached hydrogen (secondary N) is 3. The number of aromatic nitrogens is 3. The predicted molar refractivity (Wildman–Crippen MR) is 204 cm³/mol. The van der Waals surface area contributed by atoms with Crippen molar-refractivity contribution in [3.8, 4) is 11.3 Å². The zero-order valence-corrected chi connectivity index (χ0v) is 32.7. The van der Waals surface area contributed by atoms with Crippen molar-refractivity contribution in [2.24, 2.45) is 0 Å². The number of rotatable bonds is 33. The molecule has 3 amide bonds. The number of carbonyl (C=O) groups is 2. The van der Waals surface area contributed by atoms with Crippen molar-refractivity contribution in [3.63, 3.8) is 0 Å². The van der Waals surface area contributed by atoms with E-state index in [0.29, 0.717) is 135 Å². The van der Waals surface area contributed by atoms with Crippen LogP contribution in [0.25, 0.3) is 11.3 Å². The molecule has 4 rings (SSSR count). The number of unbranched alkanes of at least 4 members (excludes halogenated alkanes) is 1. The SMILES string of the molecule is O=C(CCCC[C@@H]1SC[C@@H]2NC(=O)N[C@@H]21)NCCOCCOCCOCCOCCOCCOCCOCCOCCn1cc(-c2ccc(Cl)cc2)nn1. The fraction of sp³-hybridized carbons (Fsp3) is 0.722. The lowest BCUT2D eigenvalue weighted by Crippen LogP contribution is -2.36. The van der Waals surface area contributed by atoms with Crippen LogP contribution < -0.4 is 16.0 Å². The van der Waals surface area contributed by atoms with Gasteiger partial charge in [0.1, 0.15) is 5.69 Å². The van der Waals surface area contributed by atoms with E-state index in [0.717, 1.165) is 36.3 Å². The summed E-state index contributed by atoms with van der Waals surface area (Å²) >= 11 is 7.84. The highest BCUT2D eigenvalue weighted by molar-refractivity contribution is 8.00. The van der Waals surface area contributed by atoms with E-state index in [1.54, 1.807) is 4.68 Å². The van der Waals surface area contributed by atoms with Gasteiger partial charge in [-0.1, -0.05) is 35.4 Å². The minimum atomic E-state index is -0.0609. The summed E-state index contributed by atoms with van der Waals surface area (Å²) in [6.07, 6.45) is 5.22. The number of fused-ring (bicyclic) bond motifs is 1.